The number of hydrogen-bond acceptors (Lipinski definition) is 8. The van der Waals surface area contributed by atoms with Crippen molar-refractivity contribution in [3.63, 3.8) is 0 Å². The maximum absolute atomic E-state index is 12.4. The van der Waals surface area contributed by atoms with E-state index in [-0.39, 0.29) is 24.6 Å². The van der Waals surface area contributed by atoms with Crippen LogP contribution in [0.2, 0.25) is 0 Å². The highest BCUT2D eigenvalue weighted by atomic mass is 16.6. The van der Waals surface area contributed by atoms with Gasteiger partial charge in [-0.2, -0.15) is 0 Å². The first-order valence-corrected chi connectivity index (χ1v) is 11.1. The number of esters is 2. The van der Waals surface area contributed by atoms with Gasteiger partial charge in [0.15, 0.2) is 6.61 Å². The van der Waals surface area contributed by atoms with E-state index < -0.39 is 35.3 Å². The molecule has 0 aliphatic carbocycles. The summed E-state index contributed by atoms with van der Waals surface area (Å²) in [4.78, 5) is 60.3. The Morgan fingerprint density at radius 2 is 1.77 bits per heavy atom. The molecule has 184 valence electrons. The van der Waals surface area contributed by atoms with Crippen LogP contribution in [0.5, 0.6) is 0 Å². The number of amides is 2. The zero-order valence-corrected chi connectivity index (χ0v) is 19.1. The maximum Gasteiger partial charge on any atom is 0.338 e. The number of nitrogens with one attached hydrogen (secondary N) is 1. The molecule has 2 aromatic carbocycles. The van der Waals surface area contributed by atoms with Crippen molar-refractivity contribution in [1.82, 2.24) is 0 Å². The van der Waals surface area contributed by atoms with Crippen molar-refractivity contribution in [2.24, 2.45) is 5.92 Å². The third-order valence-electron chi connectivity index (χ3n) is 5.31. The highest BCUT2D eigenvalue weighted by Gasteiger charge is 2.36. The predicted molar refractivity (Wildman–Crippen MR) is 125 cm³/mol. The lowest BCUT2D eigenvalue weighted by Crippen LogP contribution is -2.28. The normalized spacial score (nSPS) is 14.9. The lowest BCUT2D eigenvalue weighted by Gasteiger charge is -2.16. The summed E-state index contributed by atoms with van der Waals surface area (Å²) in [5.74, 6) is -2.79. The Kier molecular flexibility index (Phi) is 8.49. The number of nitro benzene ring substituents is 1. The average molecular weight is 483 g/mol. The van der Waals surface area contributed by atoms with Crippen molar-refractivity contribution in [2.45, 2.75) is 26.2 Å². The van der Waals surface area contributed by atoms with Gasteiger partial charge in [-0.05, 0) is 42.8 Å². The predicted octanol–water partition coefficient (Wildman–Crippen LogP) is 3.09. The summed E-state index contributed by atoms with van der Waals surface area (Å²) < 4.78 is 10.2. The number of nitrogens with zero attached hydrogens (tertiary/aromatic N) is 2. The van der Waals surface area contributed by atoms with Crippen LogP contribution in [0.4, 0.5) is 17.1 Å². The van der Waals surface area contributed by atoms with Crippen molar-refractivity contribution in [3.05, 3.63) is 64.2 Å². The van der Waals surface area contributed by atoms with Crippen LogP contribution in [0.25, 0.3) is 0 Å². The van der Waals surface area contributed by atoms with Crippen LogP contribution in [-0.2, 0) is 23.9 Å². The standard InChI is InChI=1S/C24H25N3O8/c1-2-3-12-34-23(30)16-4-6-18(7-5-16)25-21(28)15-35-24(31)17-13-22(29)26(14-17)19-8-10-20(11-9-19)27(32)33/h4-11,17H,2-3,12-15H2,1H3,(H,25,28)/t17-/m0/s1. The van der Waals surface area contributed by atoms with Gasteiger partial charge in [-0.1, -0.05) is 13.3 Å². The van der Waals surface area contributed by atoms with E-state index in [2.05, 4.69) is 5.32 Å². The Morgan fingerprint density at radius 1 is 1.09 bits per heavy atom. The number of anilines is 2. The van der Waals surface area contributed by atoms with E-state index in [1.54, 1.807) is 0 Å². The molecule has 1 N–H and O–H groups in total. The molecule has 0 unspecified atom stereocenters. The number of unbranched alkanes of at least 4 members (excludes halogenated alkanes) is 1. The van der Waals surface area contributed by atoms with Crippen molar-refractivity contribution in [1.29, 1.82) is 0 Å². The molecule has 11 heteroatoms. The van der Waals surface area contributed by atoms with Crippen LogP contribution in [0.1, 0.15) is 36.5 Å². The van der Waals surface area contributed by atoms with Crippen LogP contribution in [-0.4, -0.2) is 48.4 Å². The van der Waals surface area contributed by atoms with Crippen LogP contribution in [0.3, 0.4) is 0 Å². The number of carbonyl (C=O) groups is 4. The summed E-state index contributed by atoms with van der Waals surface area (Å²) in [7, 11) is 0. The largest absolute Gasteiger partial charge is 0.462 e. The van der Waals surface area contributed by atoms with E-state index in [1.165, 1.54) is 53.4 Å². The number of rotatable bonds is 10. The summed E-state index contributed by atoms with van der Waals surface area (Å²) in [5.41, 5.74) is 1.10. The van der Waals surface area contributed by atoms with E-state index in [1.807, 2.05) is 6.92 Å². The quantitative estimate of drug-likeness (QED) is 0.235. The van der Waals surface area contributed by atoms with Crippen molar-refractivity contribution in [2.75, 3.05) is 30.0 Å². The zero-order chi connectivity index (χ0) is 25.4. The first-order chi connectivity index (χ1) is 16.8. The second-order valence-electron chi connectivity index (χ2n) is 7.90. The van der Waals surface area contributed by atoms with Gasteiger partial charge in [-0.3, -0.25) is 24.5 Å². The molecule has 1 fully saturated rings. The molecular formula is C24H25N3O8. The monoisotopic (exact) mass is 483 g/mol. The Hall–Kier alpha value is -4.28. The van der Waals surface area contributed by atoms with Crippen molar-refractivity contribution in [3.8, 4) is 0 Å². The molecule has 3 rings (SSSR count). The highest BCUT2D eigenvalue weighted by molar-refractivity contribution is 6.00. The molecule has 1 aliphatic heterocycles. The van der Waals surface area contributed by atoms with Gasteiger partial charge in [0.25, 0.3) is 11.6 Å². The number of benzene rings is 2. The SMILES string of the molecule is CCCCOC(=O)c1ccc(NC(=O)COC(=O)[C@H]2CC(=O)N(c3ccc([N+](=O)[O-])cc3)C2)cc1. The Morgan fingerprint density at radius 3 is 2.40 bits per heavy atom. The average Bonchev–Trinajstić information content (AvgIpc) is 3.24. The second-order valence-corrected chi connectivity index (χ2v) is 7.90. The number of ether oxygens (including phenoxy) is 2. The first-order valence-electron chi connectivity index (χ1n) is 11.1. The molecule has 35 heavy (non-hydrogen) atoms. The molecule has 2 amide bonds. The maximum atomic E-state index is 12.4. The molecule has 1 aliphatic rings. The fraction of sp³-hybridized carbons (Fsp3) is 0.333. The number of non-ortho nitro benzene ring substituents is 1. The Balaban J connectivity index is 1.46. The van der Waals surface area contributed by atoms with Gasteiger partial charge in [0, 0.05) is 36.5 Å². The van der Waals surface area contributed by atoms with Gasteiger partial charge >= 0.3 is 11.9 Å². The minimum absolute atomic E-state index is 0.0485. The van der Waals surface area contributed by atoms with Crippen LogP contribution >= 0.6 is 0 Å². The van der Waals surface area contributed by atoms with Gasteiger partial charge in [0.05, 0.1) is 23.0 Å². The number of hydrogen-bond donors (Lipinski definition) is 1. The van der Waals surface area contributed by atoms with Gasteiger partial charge in [0.1, 0.15) is 0 Å². The third kappa shape index (κ3) is 6.85. The fourth-order valence-corrected chi connectivity index (χ4v) is 3.40. The van der Waals surface area contributed by atoms with Gasteiger partial charge in [-0.15, -0.1) is 0 Å². The second kappa shape index (κ2) is 11.7. The van der Waals surface area contributed by atoms with Crippen LogP contribution in [0.15, 0.2) is 48.5 Å². The van der Waals surface area contributed by atoms with Crippen molar-refractivity contribution < 1.29 is 33.6 Å². The van der Waals surface area contributed by atoms with Crippen molar-refractivity contribution >= 4 is 40.8 Å². The summed E-state index contributed by atoms with van der Waals surface area (Å²) in [6.07, 6.45) is 1.61. The molecule has 0 radical (unpaired) electrons. The molecule has 0 aromatic heterocycles. The van der Waals surface area contributed by atoms with Crippen LogP contribution in [0, 0.1) is 16.0 Å². The molecule has 1 saturated heterocycles. The van der Waals surface area contributed by atoms with Gasteiger partial charge < -0.3 is 19.7 Å². The Bertz CT molecular complexity index is 1100. The van der Waals surface area contributed by atoms with Gasteiger partial charge in [-0.25, -0.2) is 4.79 Å². The molecule has 1 heterocycles. The molecule has 0 spiro atoms. The molecule has 0 bridgehead atoms. The third-order valence-corrected chi connectivity index (χ3v) is 5.31. The number of nitro groups is 1. The van der Waals surface area contributed by atoms with E-state index in [0.29, 0.717) is 23.5 Å². The lowest BCUT2D eigenvalue weighted by molar-refractivity contribution is -0.384. The molecular weight excluding hydrogens is 458 g/mol. The van der Waals surface area contributed by atoms with E-state index >= 15 is 0 Å². The van der Waals surface area contributed by atoms with Crippen LogP contribution < -0.4 is 10.2 Å². The van der Waals surface area contributed by atoms with E-state index in [4.69, 9.17) is 9.47 Å². The van der Waals surface area contributed by atoms with E-state index in [0.717, 1.165) is 12.8 Å². The van der Waals surface area contributed by atoms with Gasteiger partial charge in [0.2, 0.25) is 5.91 Å². The Labute approximate surface area is 201 Å². The molecule has 2 aromatic rings. The summed E-state index contributed by atoms with van der Waals surface area (Å²) in [6.45, 7) is 1.85. The minimum atomic E-state index is -0.761. The molecule has 11 nitrogen and oxygen atoms in total. The lowest BCUT2D eigenvalue weighted by atomic mass is 10.1. The van der Waals surface area contributed by atoms with E-state index in [9.17, 15) is 29.3 Å². The zero-order valence-electron chi connectivity index (χ0n) is 19.1. The fourth-order valence-electron chi connectivity index (χ4n) is 3.40. The number of carbonyl (C=O) groups excluding carboxylic acids is 4. The topological polar surface area (TPSA) is 145 Å². The molecule has 1 atom stereocenters. The summed E-state index contributed by atoms with van der Waals surface area (Å²) in [5, 5.41) is 13.3. The molecule has 0 saturated carbocycles. The minimum Gasteiger partial charge on any atom is -0.462 e. The highest BCUT2D eigenvalue weighted by Crippen LogP contribution is 2.27. The summed E-state index contributed by atoms with van der Waals surface area (Å²) in [6, 6.07) is 11.5. The summed E-state index contributed by atoms with van der Waals surface area (Å²) >= 11 is 0. The first kappa shape index (κ1) is 25.3. The smallest absolute Gasteiger partial charge is 0.338 e.